The molecule has 0 spiro atoms. The molecule has 3 aromatic rings. The first kappa shape index (κ1) is 22.1. The molecule has 3 heterocycles. The summed E-state index contributed by atoms with van der Waals surface area (Å²) in [5, 5.41) is 17.3. The zero-order valence-electron chi connectivity index (χ0n) is 18.6. The van der Waals surface area contributed by atoms with Crippen molar-refractivity contribution in [3.05, 3.63) is 47.4 Å². The molecule has 1 aromatic carbocycles. The predicted molar refractivity (Wildman–Crippen MR) is 126 cm³/mol. The van der Waals surface area contributed by atoms with Crippen LogP contribution >= 0.6 is 11.7 Å². The Labute approximate surface area is 192 Å². The second-order valence-corrected chi connectivity index (χ2v) is 8.86. The minimum atomic E-state index is -0.150. The number of rotatable bonds is 8. The van der Waals surface area contributed by atoms with E-state index in [9.17, 15) is 9.90 Å². The van der Waals surface area contributed by atoms with Gasteiger partial charge in [-0.3, -0.25) is 4.79 Å². The highest BCUT2D eigenvalue weighted by Crippen LogP contribution is 2.35. The normalized spacial score (nSPS) is 14.7. The first-order valence-corrected chi connectivity index (χ1v) is 11.8. The molecule has 3 N–H and O–H groups in total. The first-order valence-electron chi connectivity index (χ1n) is 11.0. The Morgan fingerprint density at radius 1 is 1.25 bits per heavy atom. The van der Waals surface area contributed by atoms with E-state index in [-0.39, 0.29) is 23.3 Å². The minimum absolute atomic E-state index is 0.0661. The van der Waals surface area contributed by atoms with E-state index >= 15 is 0 Å². The lowest BCUT2D eigenvalue weighted by atomic mass is 10.1. The van der Waals surface area contributed by atoms with E-state index in [0.29, 0.717) is 23.2 Å². The van der Waals surface area contributed by atoms with Gasteiger partial charge < -0.3 is 25.1 Å². The Hall–Kier alpha value is -3.07. The number of carbonyl (C=O) groups is 1. The fourth-order valence-electron chi connectivity index (χ4n) is 3.79. The molecule has 1 fully saturated rings. The lowest BCUT2D eigenvalue weighted by Crippen LogP contribution is -2.27. The van der Waals surface area contributed by atoms with E-state index in [0.717, 1.165) is 55.4 Å². The third-order valence-corrected chi connectivity index (χ3v) is 6.30. The lowest BCUT2D eigenvalue weighted by molar-refractivity contribution is 0.0790. The van der Waals surface area contributed by atoms with Crippen molar-refractivity contribution in [2.24, 2.45) is 0 Å². The molecule has 32 heavy (non-hydrogen) atoms. The van der Waals surface area contributed by atoms with E-state index in [1.165, 1.54) is 0 Å². The molecular formula is C23H29N5O3S. The van der Waals surface area contributed by atoms with Crippen LogP contribution < -0.4 is 10.6 Å². The number of likely N-dealkylation sites (tertiary alicyclic amines) is 1. The predicted octanol–water partition coefficient (Wildman–Crippen LogP) is 5.50. The van der Waals surface area contributed by atoms with Gasteiger partial charge >= 0.3 is 0 Å². The van der Waals surface area contributed by atoms with E-state index in [1.807, 2.05) is 0 Å². The number of furan rings is 1. The number of aromatic hydroxyl groups is 1. The molecule has 4 rings (SSSR count). The molecule has 1 aliphatic heterocycles. The molecule has 1 atom stereocenters. The van der Waals surface area contributed by atoms with Crippen LogP contribution in [0, 0.1) is 0 Å². The van der Waals surface area contributed by atoms with Gasteiger partial charge in [0.1, 0.15) is 5.76 Å². The molecule has 1 aliphatic rings. The molecule has 0 aliphatic carbocycles. The summed E-state index contributed by atoms with van der Waals surface area (Å²) in [4.78, 5) is 14.5. The molecular weight excluding hydrogens is 426 g/mol. The van der Waals surface area contributed by atoms with Gasteiger partial charge in [-0.05, 0) is 48.9 Å². The van der Waals surface area contributed by atoms with E-state index in [1.54, 1.807) is 29.4 Å². The largest absolute Gasteiger partial charge is 0.505 e. The third kappa shape index (κ3) is 4.57. The average Bonchev–Trinajstić information content (AvgIpc) is 3.55. The maximum Gasteiger partial charge on any atom is 0.257 e. The van der Waals surface area contributed by atoms with Crippen LogP contribution in [0.4, 0.5) is 17.3 Å². The number of nitrogens with zero attached hydrogens (tertiary/aromatic N) is 3. The summed E-state index contributed by atoms with van der Waals surface area (Å²) in [6.45, 7) is 7.78. The van der Waals surface area contributed by atoms with Crippen LogP contribution in [0.25, 0.3) is 0 Å². The van der Waals surface area contributed by atoms with Gasteiger partial charge in [-0.25, -0.2) is 0 Å². The smallest absolute Gasteiger partial charge is 0.257 e. The van der Waals surface area contributed by atoms with Crippen LogP contribution in [0.5, 0.6) is 5.75 Å². The Morgan fingerprint density at radius 2 is 2.00 bits per heavy atom. The van der Waals surface area contributed by atoms with Crippen LogP contribution in [0.15, 0.2) is 34.9 Å². The monoisotopic (exact) mass is 455 g/mol. The van der Waals surface area contributed by atoms with Crippen LogP contribution in [0.1, 0.15) is 73.7 Å². The molecule has 1 unspecified atom stereocenters. The molecule has 170 valence electrons. The number of amides is 1. The number of hydrogen-bond donors (Lipinski definition) is 3. The van der Waals surface area contributed by atoms with Crippen molar-refractivity contribution in [3.63, 3.8) is 0 Å². The molecule has 2 aromatic heterocycles. The maximum absolute atomic E-state index is 12.8. The van der Waals surface area contributed by atoms with Crippen molar-refractivity contribution in [1.82, 2.24) is 13.6 Å². The number of para-hydroxylation sites is 1. The zero-order chi connectivity index (χ0) is 22.7. The SMILES string of the molecule is CCC(Nc1nsnc1Nc1cccc(C(=O)N2CCCC2)c1O)c1cc(C(C)C)co1. The van der Waals surface area contributed by atoms with Gasteiger partial charge in [-0.2, -0.15) is 8.75 Å². The number of anilines is 3. The summed E-state index contributed by atoms with van der Waals surface area (Å²) in [6.07, 6.45) is 4.59. The van der Waals surface area contributed by atoms with E-state index in [4.69, 9.17) is 4.42 Å². The van der Waals surface area contributed by atoms with Crippen LogP contribution in [0.2, 0.25) is 0 Å². The quantitative estimate of drug-likeness (QED) is 0.385. The molecule has 1 saturated heterocycles. The fraction of sp³-hybridized carbons (Fsp3) is 0.435. The summed E-state index contributed by atoms with van der Waals surface area (Å²) in [7, 11) is 0. The Bertz CT molecular complexity index is 1070. The summed E-state index contributed by atoms with van der Waals surface area (Å²) in [5.41, 5.74) is 1.86. The highest BCUT2D eigenvalue weighted by Gasteiger charge is 2.24. The zero-order valence-corrected chi connectivity index (χ0v) is 19.4. The minimum Gasteiger partial charge on any atom is -0.505 e. The molecule has 9 heteroatoms. The third-order valence-electron chi connectivity index (χ3n) is 5.77. The van der Waals surface area contributed by atoms with Crippen LogP contribution in [0.3, 0.4) is 0 Å². The molecule has 1 amide bonds. The Balaban J connectivity index is 1.52. The Morgan fingerprint density at radius 3 is 2.69 bits per heavy atom. The molecule has 0 bridgehead atoms. The molecule has 0 saturated carbocycles. The van der Waals surface area contributed by atoms with Crippen molar-refractivity contribution in [2.45, 2.75) is 52.0 Å². The van der Waals surface area contributed by atoms with Gasteiger partial charge in [0.05, 0.1) is 35.3 Å². The maximum atomic E-state index is 12.8. The van der Waals surface area contributed by atoms with E-state index in [2.05, 4.69) is 46.2 Å². The van der Waals surface area contributed by atoms with Crippen molar-refractivity contribution in [2.75, 3.05) is 23.7 Å². The van der Waals surface area contributed by atoms with Crippen molar-refractivity contribution in [1.29, 1.82) is 0 Å². The summed E-state index contributed by atoms with van der Waals surface area (Å²) in [5.74, 6) is 2.06. The van der Waals surface area contributed by atoms with Gasteiger partial charge in [-0.15, -0.1) is 0 Å². The number of carbonyl (C=O) groups excluding carboxylic acids is 1. The van der Waals surface area contributed by atoms with Crippen molar-refractivity contribution < 1.29 is 14.3 Å². The first-order chi connectivity index (χ1) is 15.5. The topological polar surface area (TPSA) is 104 Å². The van der Waals surface area contributed by atoms with Gasteiger partial charge in [0.15, 0.2) is 17.4 Å². The van der Waals surface area contributed by atoms with Gasteiger partial charge in [-0.1, -0.05) is 26.8 Å². The molecule has 8 nitrogen and oxygen atoms in total. The number of nitrogens with one attached hydrogen (secondary N) is 2. The van der Waals surface area contributed by atoms with Crippen molar-refractivity contribution in [3.8, 4) is 5.75 Å². The fourth-order valence-corrected chi connectivity index (χ4v) is 4.27. The second-order valence-electron chi connectivity index (χ2n) is 8.33. The highest BCUT2D eigenvalue weighted by atomic mass is 32.1. The summed E-state index contributed by atoms with van der Waals surface area (Å²) < 4.78 is 14.5. The van der Waals surface area contributed by atoms with Gasteiger partial charge in [0, 0.05) is 13.1 Å². The lowest BCUT2D eigenvalue weighted by Gasteiger charge is -2.18. The Kier molecular flexibility index (Phi) is 6.64. The number of hydrogen-bond acceptors (Lipinski definition) is 8. The van der Waals surface area contributed by atoms with Gasteiger partial charge in [0.2, 0.25) is 0 Å². The second kappa shape index (κ2) is 9.60. The van der Waals surface area contributed by atoms with Gasteiger partial charge in [0.25, 0.3) is 5.91 Å². The highest BCUT2D eigenvalue weighted by molar-refractivity contribution is 6.99. The van der Waals surface area contributed by atoms with Crippen LogP contribution in [-0.2, 0) is 0 Å². The average molecular weight is 456 g/mol. The summed E-state index contributed by atoms with van der Waals surface area (Å²) >= 11 is 1.07. The van der Waals surface area contributed by atoms with Crippen molar-refractivity contribution >= 4 is 35.0 Å². The van der Waals surface area contributed by atoms with Crippen LogP contribution in [-0.4, -0.2) is 37.8 Å². The number of phenols is 1. The standard InChI is InChI=1S/C23H29N5O3S/c1-4-17(19-12-15(13-31-19)14(2)3)24-21-22(27-32-26-21)25-18-9-7-8-16(20(18)29)23(30)28-10-5-6-11-28/h7-9,12-14,17,29H,4-6,10-11H2,1-3H3,(H,24,26)(H,25,27). The number of aromatic nitrogens is 2. The molecule has 0 radical (unpaired) electrons. The van der Waals surface area contributed by atoms with E-state index < -0.39 is 0 Å². The summed E-state index contributed by atoms with van der Waals surface area (Å²) in [6, 6.07) is 7.12. The number of benzene rings is 1. The number of phenolic OH excluding ortho intramolecular Hbond substituents is 1.